The topological polar surface area (TPSA) is 61.4 Å². The van der Waals surface area contributed by atoms with Gasteiger partial charge in [-0.05, 0) is 38.8 Å². The maximum atomic E-state index is 4.84. The molecule has 4 aromatic rings. The fraction of sp³-hybridized carbons (Fsp3) is 0.368. The molecule has 4 rings (SSSR count). The number of benzene rings is 1. The van der Waals surface area contributed by atoms with Gasteiger partial charge in [0.05, 0.1) is 11.2 Å². The predicted molar refractivity (Wildman–Crippen MR) is 99.1 cm³/mol. The minimum atomic E-state index is 0.529. The van der Waals surface area contributed by atoms with E-state index in [4.69, 9.17) is 4.98 Å². The van der Waals surface area contributed by atoms with Crippen LogP contribution in [-0.4, -0.2) is 29.5 Å². The van der Waals surface area contributed by atoms with Crippen LogP contribution < -0.4 is 0 Å². The Morgan fingerprint density at radius 2 is 1.84 bits per heavy atom. The molecule has 0 spiro atoms. The second kappa shape index (κ2) is 5.95. The number of aromatic nitrogens is 6. The van der Waals surface area contributed by atoms with Crippen LogP contribution >= 0.6 is 0 Å². The Morgan fingerprint density at radius 3 is 2.56 bits per heavy atom. The van der Waals surface area contributed by atoms with Crippen LogP contribution in [0.4, 0.5) is 0 Å². The van der Waals surface area contributed by atoms with Crippen molar-refractivity contribution in [1.29, 1.82) is 0 Å². The number of unbranched alkanes of at least 4 members (excludes halogenated alkanes) is 1. The molecule has 3 heterocycles. The molecule has 1 aromatic carbocycles. The summed E-state index contributed by atoms with van der Waals surface area (Å²) in [5.41, 5.74) is 6.10. The molecule has 0 saturated carbocycles. The van der Waals surface area contributed by atoms with E-state index in [-0.39, 0.29) is 0 Å². The smallest absolute Gasteiger partial charge is 0.272 e. The van der Waals surface area contributed by atoms with E-state index < -0.39 is 0 Å². The molecule has 0 unspecified atom stereocenters. The molecular formula is C19H22N6. The van der Waals surface area contributed by atoms with Gasteiger partial charge in [0.1, 0.15) is 5.52 Å². The standard InChI is InChI=1S/C19H22N6/c1-5-6-11-24-16-10-8-7-9-15(16)17-18(24)20-19(22-21-17)25-14(4)12(2)13(3)23-25/h7-10H,5-6,11H2,1-4H3. The number of aryl methyl sites for hydroxylation is 2. The van der Waals surface area contributed by atoms with E-state index in [0.717, 1.165) is 58.4 Å². The van der Waals surface area contributed by atoms with Crippen molar-refractivity contribution >= 4 is 22.1 Å². The van der Waals surface area contributed by atoms with Crippen LogP contribution in [0.1, 0.15) is 36.7 Å². The highest BCUT2D eigenvalue weighted by Gasteiger charge is 2.17. The molecule has 0 radical (unpaired) electrons. The minimum absolute atomic E-state index is 0.529. The first kappa shape index (κ1) is 15.7. The molecule has 0 aliphatic carbocycles. The summed E-state index contributed by atoms with van der Waals surface area (Å²) >= 11 is 0. The Balaban J connectivity index is 1.98. The molecule has 0 atom stereocenters. The van der Waals surface area contributed by atoms with Gasteiger partial charge in [-0.15, -0.1) is 10.2 Å². The quantitative estimate of drug-likeness (QED) is 0.568. The number of para-hydroxylation sites is 1. The maximum absolute atomic E-state index is 4.84. The molecule has 0 N–H and O–H groups in total. The molecule has 0 fully saturated rings. The lowest BCUT2D eigenvalue weighted by Gasteiger charge is -2.06. The molecule has 3 aromatic heterocycles. The molecule has 25 heavy (non-hydrogen) atoms. The normalized spacial score (nSPS) is 11.7. The van der Waals surface area contributed by atoms with Gasteiger partial charge in [-0.25, -0.2) is 4.68 Å². The average molecular weight is 334 g/mol. The van der Waals surface area contributed by atoms with Gasteiger partial charge in [0.25, 0.3) is 5.95 Å². The van der Waals surface area contributed by atoms with Gasteiger partial charge in [0.15, 0.2) is 5.65 Å². The predicted octanol–water partition coefficient (Wildman–Crippen LogP) is 3.89. The first-order valence-corrected chi connectivity index (χ1v) is 8.76. The summed E-state index contributed by atoms with van der Waals surface area (Å²) in [4.78, 5) is 4.84. The number of hydrogen-bond acceptors (Lipinski definition) is 4. The van der Waals surface area contributed by atoms with Crippen LogP contribution in [0.5, 0.6) is 0 Å². The van der Waals surface area contributed by atoms with Crippen LogP contribution in [0.2, 0.25) is 0 Å². The summed E-state index contributed by atoms with van der Waals surface area (Å²) in [6, 6.07) is 8.30. The summed E-state index contributed by atoms with van der Waals surface area (Å²) < 4.78 is 4.05. The van der Waals surface area contributed by atoms with Gasteiger partial charge in [0.2, 0.25) is 0 Å². The zero-order valence-electron chi connectivity index (χ0n) is 15.1. The van der Waals surface area contributed by atoms with E-state index in [1.165, 1.54) is 0 Å². The van der Waals surface area contributed by atoms with Crippen molar-refractivity contribution in [1.82, 2.24) is 29.5 Å². The largest absolute Gasteiger partial charge is 0.324 e. The third kappa shape index (κ3) is 2.40. The summed E-state index contributed by atoms with van der Waals surface area (Å²) in [5.74, 6) is 0.529. The summed E-state index contributed by atoms with van der Waals surface area (Å²) in [5, 5.41) is 14.5. The van der Waals surface area contributed by atoms with Gasteiger partial charge < -0.3 is 4.57 Å². The molecule has 128 valence electrons. The fourth-order valence-corrected chi connectivity index (χ4v) is 3.24. The minimum Gasteiger partial charge on any atom is -0.324 e. The number of hydrogen-bond donors (Lipinski definition) is 0. The first-order valence-electron chi connectivity index (χ1n) is 8.76. The Hall–Kier alpha value is -2.76. The van der Waals surface area contributed by atoms with E-state index >= 15 is 0 Å². The van der Waals surface area contributed by atoms with Crippen molar-refractivity contribution < 1.29 is 0 Å². The van der Waals surface area contributed by atoms with Crippen molar-refractivity contribution in [2.24, 2.45) is 0 Å². The van der Waals surface area contributed by atoms with Crippen molar-refractivity contribution in [2.75, 3.05) is 0 Å². The van der Waals surface area contributed by atoms with Crippen LogP contribution in [0, 0.1) is 20.8 Å². The number of rotatable bonds is 4. The van der Waals surface area contributed by atoms with Gasteiger partial charge >= 0.3 is 0 Å². The number of fused-ring (bicyclic) bond motifs is 3. The highest BCUT2D eigenvalue weighted by molar-refractivity contribution is 6.04. The maximum Gasteiger partial charge on any atom is 0.272 e. The second-order valence-electron chi connectivity index (χ2n) is 6.51. The van der Waals surface area contributed by atoms with Crippen molar-refractivity contribution in [3.63, 3.8) is 0 Å². The molecule has 6 heteroatoms. The van der Waals surface area contributed by atoms with Crippen molar-refractivity contribution in [2.45, 2.75) is 47.1 Å². The average Bonchev–Trinajstić information content (AvgIpc) is 3.09. The van der Waals surface area contributed by atoms with Crippen LogP contribution in [-0.2, 0) is 6.54 Å². The molecule has 0 amide bonds. The van der Waals surface area contributed by atoms with Crippen LogP contribution in [0.25, 0.3) is 28.0 Å². The highest BCUT2D eigenvalue weighted by atomic mass is 15.4. The second-order valence-corrected chi connectivity index (χ2v) is 6.51. The Labute approximate surface area is 146 Å². The molecule has 0 bridgehead atoms. The number of nitrogens with zero attached hydrogens (tertiary/aromatic N) is 6. The molecular weight excluding hydrogens is 312 g/mol. The van der Waals surface area contributed by atoms with E-state index in [9.17, 15) is 0 Å². The molecule has 0 aliphatic heterocycles. The van der Waals surface area contributed by atoms with Gasteiger partial charge in [-0.3, -0.25) is 0 Å². The summed E-state index contributed by atoms with van der Waals surface area (Å²) in [6.45, 7) is 9.23. The Morgan fingerprint density at radius 1 is 1.04 bits per heavy atom. The van der Waals surface area contributed by atoms with Crippen LogP contribution in [0.3, 0.4) is 0 Å². The van der Waals surface area contributed by atoms with Crippen LogP contribution in [0.15, 0.2) is 24.3 Å². The molecule has 0 saturated heterocycles. The Bertz CT molecular complexity index is 1070. The van der Waals surface area contributed by atoms with Crippen molar-refractivity contribution in [3.8, 4) is 5.95 Å². The third-order valence-electron chi connectivity index (χ3n) is 4.94. The van der Waals surface area contributed by atoms with E-state index in [1.807, 2.05) is 19.9 Å². The zero-order chi connectivity index (χ0) is 17.6. The Kier molecular flexibility index (Phi) is 3.75. The monoisotopic (exact) mass is 334 g/mol. The van der Waals surface area contributed by atoms with E-state index in [0.29, 0.717) is 5.95 Å². The van der Waals surface area contributed by atoms with E-state index in [1.54, 1.807) is 4.68 Å². The van der Waals surface area contributed by atoms with Gasteiger partial charge in [-0.1, -0.05) is 31.5 Å². The third-order valence-corrected chi connectivity index (χ3v) is 4.94. The summed E-state index contributed by atoms with van der Waals surface area (Å²) in [7, 11) is 0. The van der Waals surface area contributed by atoms with Crippen molar-refractivity contribution in [3.05, 3.63) is 41.2 Å². The lowest BCUT2D eigenvalue weighted by Crippen LogP contribution is -2.08. The zero-order valence-corrected chi connectivity index (χ0v) is 15.1. The summed E-state index contributed by atoms with van der Waals surface area (Å²) in [6.07, 6.45) is 2.24. The lowest BCUT2D eigenvalue weighted by molar-refractivity contribution is 0.656. The molecule has 0 aliphatic rings. The van der Waals surface area contributed by atoms with E-state index in [2.05, 4.69) is 51.9 Å². The van der Waals surface area contributed by atoms with Gasteiger partial charge in [-0.2, -0.15) is 10.1 Å². The first-order chi connectivity index (χ1) is 12.1. The lowest BCUT2D eigenvalue weighted by atomic mass is 10.2. The fourth-order valence-electron chi connectivity index (χ4n) is 3.24. The highest BCUT2D eigenvalue weighted by Crippen LogP contribution is 2.27. The SMILES string of the molecule is CCCCn1c2ccccc2c2nnc(-n3nc(C)c(C)c3C)nc21. The van der Waals surface area contributed by atoms with Gasteiger partial charge in [0, 0.05) is 17.6 Å². The molecule has 6 nitrogen and oxygen atoms in total.